The van der Waals surface area contributed by atoms with Gasteiger partial charge in [-0.15, -0.1) is 0 Å². The highest BCUT2D eigenvalue weighted by Crippen LogP contribution is 2.17. The van der Waals surface area contributed by atoms with Crippen LogP contribution in [0.15, 0.2) is 12.3 Å². The Morgan fingerprint density at radius 2 is 2.40 bits per heavy atom. The number of hydrogen-bond acceptors (Lipinski definition) is 3. The number of nitrogens with zero attached hydrogens (tertiary/aromatic N) is 1. The van der Waals surface area contributed by atoms with E-state index in [4.69, 9.17) is 9.84 Å². The first kappa shape index (κ1) is 11.4. The summed E-state index contributed by atoms with van der Waals surface area (Å²) in [5.74, 6) is -2.49. The highest BCUT2D eigenvalue weighted by atomic mass is 19.1. The molecule has 0 amide bonds. The molecule has 1 aromatic rings. The van der Waals surface area contributed by atoms with E-state index in [-0.39, 0.29) is 5.88 Å². The zero-order valence-corrected chi connectivity index (χ0v) is 8.36. The molecule has 0 bridgehead atoms. The molecule has 0 atom stereocenters. The van der Waals surface area contributed by atoms with Crippen molar-refractivity contribution in [3.8, 4) is 5.88 Å². The lowest BCUT2D eigenvalue weighted by Gasteiger charge is -2.06. The SMILES string of the molecule is CCCCOc1nccc(C(=O)O)c1F. The normalized spacial score (nSPS) is 10.0. The van der Waals surface area contributed by atoms with Gasteiger partial charge < -0.3 is 9.84 Å². The summed E-state index contributed by atoms with van der Waals surface area (Å²) >= 11 is 0. The third-order valence-corrected chi connectivity index (χ3v) is 1.82. The van der Waals surface area contributed by atoms with Crippen molar-refractivity contribution in [3.05, 3.63) is 23.6 Å². The third-order valence-electron chi connectivity index (χ3n) is 1.82. The van der Waals surface area contributed by atoms with E-state index >= 15 is 0 Å². The molecule has 4 nitrogen and oxygen atoms in total. The van der Waals surface area contributed by atoms with Gasteiger partial charge in [-0.25, -0.2) is 14.2 Å². The molecule has 0 saturated heterocycles. The molecular formula is C10H12FNO3. The number of rotatable bonds is 5. The van der Waals surface area contributed by atoms with E-state index in [0.29, 0.717) is 6.61 Å². The van der Waals surface area contributed by atoms with Gasteiger partial charge in [-0.3, -0.25) is 0 Å². The minimum Gasteiger partial charge on any atom is -0.478 e. The first-order valence-electron chi connectivity index (χ1n) is 4.67. The van der Waals surface area contributed by atoms with Crippen LogP contribution in [0, 0.1) is 5.82 Å². The standard InChI is InChI=1S/C10H12FNO3/c1-2-3-6-15-9-8(11)7(10(13)14)4-5-12-9/h4-5H,2-3,6H2,1H3,(H,13,14). The van der Waals surface area contributed by atoms with Crippen molar-refractivity contribution < 1.29 is 19.0 Å². The summed E-state index contributed by atoms with van der Waals surface area (Å²) in [5.41, 5.74) is -0.420. The number of carboxylic acids is 1. The first-order chi connectivity index (χ1) is 7.16. The van der Waals surface area contributed by atoms with Crippen molar-refractivity contribution in [1.29, 1.82) is 0 Å². The van der Waals surface area contributed by atoms with Crippen LogP contribution in [0.1, 0.15) is 30.1 Å². The highest BCUT2D eigenvalue weighted by molar-refractivity contribution is 5.88. The Labute approximate surface area is 86.7 Å². The molecule has 0 unspecified atom stereocenters. The number of ether oxygens (including phenoxy) is 1. The average molecular weight is 213 g/mol. The van der Waals surface area contributed by atoms with Crippen LogP contribution in [0.5, 0.6) is 5.88 Å². The van der Waals surface area contributed by atoms with E-state index in [0.717, 1.165) is 18.9 Å². The van der Waals surface area contributed by atoms with Crippen LogP contribution in [0.2, 0.25) is 0 Å². The molecule has 1 rings (SSSR count). The van der Waals surface area contributed by atoms with E-state index in [9.17, 15) is 9.18 Å². The van der Waals surface area contributed by atoms with Gasteiger partial charge >= 0.3 is 5.97 Å². The maximum absolute atomic E-state index is 13.4. The van der Waals surface area contributed by atoms with Gasteiger partial charge in [0.2, 0.25) is 0 Å². The maximum atomic E-state index is 13.4. The Hall–Kier alpha value is -1.65. The van der Waals surface area contributed by atoms with Crippen molar-refractivity contribution in [2.45, 2.75) is 19.8 Å². The van der Waals surface area contributed by atoms with Gasteiger partial charge in [0, 0.05) is 6.20 Å². The number of unbranched alkanes of at least 4 members (excludes halogenated alkanes) is 1. The summed E-state index contributed by atoms with van der Waals surface area (Å²) in [4.78, 5) is 14.2. The second-order valence-electron chi connectivity index (χ2n) is 2.98. The zero-order valence-electron chi connectivity index (χ0n) is 8.36. The number of hydrogen-bond donors (Lipinski definition) is 1. The van der Waals surface area contributed by atoms with Crippen molar-refractivity contribution in [2.24, 2.45) is 0 Å². The van der Waals surface area contributed by atoms with E-state index in [1.165, 1.54) is 6.20 Å². The summed E-state index contributed by atoms with van der Waals surface area (Å²) in [6.07, 6.45) is 2.91. The smallest absolute Gasteiger partial charge is 0.338 e. The summed E-state index contributed by atoms with van der Waals surface area (Å²) in [5, 5.41) is 8.64. The second kappa shape index (κ2) is 5.29. The van der Waals surface area contributed by atoms with Gasteiger partial charge in [-0.2, -0.15) is 0 Å². The Kier molecular flexibility index (Phi) is 4.03. The number of aromatic nitrogens is 1. The second-order valence-corrected chi connectivity index (χ2v) is 2.98. The lowest BCUT2D eigenvalue weighted by Crippen LogP contribution is -2.06. The molecule has 0 aliphatic heterocycles. The Morgan fingerprint density at radius 3 is 3.00 bits per heavy atom. The summed E-state index contributed by atoms with van der Waals surface area (Å²) in [6, 6.07) is 1.10. The molecule has 0 radical (unpaired) electrons. The summed E-state index contributed by atoms with van der Waals surface area (Å²) in [7, 11) is 0. The molecule has 0 aliphatic carbocycles. The van der Waals surface area contributed by atoms with Gasteiger partial charge in [0.1, 0.15) is 5.56 Å². The molecule has 5 heteroatoms. The monoisotopic (exact) mass is 213 g/mol. The fourth-order valence-electron chi connectivity index (χ4n) is 1.00. The molecule has 1 heterocycles. The predicted molar refractivity (Wildman–Crippen MR) is 51.6 cm³/mol. The lowest BCUT2D eigenvalue weighted by molar-refractivity contribution is 0.0690. The largest absolute Gasteiger partial charge is 0.478 e. The summed E-state index contributed by atoms with van der Waals surface area (Å²) < 4.78 is 18.4. The molecular weight excluding hydrogens is 201 g/mol. The van der Waals surface area contributed by atoms with Gasteiger partial charge in [0.05, 0.1) is 6.61 Å². The summed E-state index contributed by atoms with van der Waals surface area (Å²) in [6.45, 7) is 2.31. The number of carbonyl (C=O) groups is 1. The van der Waals surface area contributed by atoms with E-state index in [1.54, 1.807) is 0 Å². The molecule has 82 valence electrons. The van der Waals surface area contributed by atoms with E-state index in [2.05, 4.69) is 4.98 Å². The topological polar surface area (TPSA) is 59.4 Å². The molecule has 15 heavy (non-hydrogen) atoms. The molecule has 1 aromatic heterocycles. The zero-order chi connectivity index (χ0) is 11.3. The molecule has 0 fully saturated rings. The van der Waals surface area contributed by atoms with Crippen LogP contribution in [0.25, 0.3) is 0 Å². The number of carboxylic acid groups (broad SMARTS) is 1. The van der Waals surface area contributed by atoms with Gasteiger partial charge in [-0.1, -0.05) is 13.3 Å². The number of aromatic carboxylic acids is 1. The van der Waals surface area contributed by atoms with E-state index in [1.807, 2.05) is 6.92 Å². The minimum absolute atomic E-state index is 0.247. The quantitative estimate of drug-likeness (QED) is 0.761. The Morgan fingerprint density at radius 1 is 1.67 bits per heavy atom. The fourth-order valence-corrected chi connectivity index (χ4v) is 1.00. The van der Waals surface area contributed by atoms with Crippen LogP contribution in [-0.4, -0.2) is 22.7 Å². The van der Waals surface area contributed by atoms with Crippen molar-refractivity contribution in [1.82, 2.24) is 4.98 Å². The van der Waals surface area contributed by atoms with Crippen LogP contribution < -0.4 is 4.74 Å². The van der Waals surface area contributed by atoms with Crippen molar-refractivity contribution in [2.75, 3.05) is 6.61 Å². The van der Waals surface area contributed by atoms with Gasteiger partial charge in [0.15, 0.2) is 5.82 Å². The van der Waals surface area contributed by atoms with Crippen LogP contribution >= 0.6 is 0 Å². The van der Waals surface area contributed by atoms with Crippen molar-refractivity contribution >= 4 is 5.97 Å². The van der Waals surface area contributed by atoms with Crippen LogP contribution in [-0.2, 0) is 0 Å². The first-order valence-corrected chi connectivity index (χ1v) is 4.67. The van der Waals surface area contributed by atoms with Gasteiger partial charge in [0.25, 0.3) is 5.88 Å². The third kappa shape index (κ3) is 2.90. The minimum atomic E-state index is -1.32. The van der Waals surface area contributed by atoms with Gasteiger partial charge in [-0.05, 0) is 12.5 Å². The van der Waals surface area contributed by atoms with Crippen LogP contribution in [0.3, 0.4) is 0 Å². The van der Waals surface area contributed by atoms with Crippen molar-refractivity contribution in [3.63, 3.8) is 0 Å². The van der Waals surface area contributed by atoms with Crippen LogP contribution in [0.4, 0.5) is 4.39 Å². The highest BCUT2D eigenvalue weighted by Gasteiger charge is 2.15. The fraction of sp³-hybridized carbons (Fsp3) is 0.400. The maximum Gasteiger partial charge on any atom is 0.338 e. The molecule has 0 aliphatic rings. The molecule has 0 spiro atoms. The molecule has 0 saturated carbocycles. The Bertz CT molecular complexity index is 355. The average Bonchev–Trinajstić information content (AvgIpc) is 2.20. The number of pyridine rings is 1. The number of halogens is 1. The lowest BCUT2D eigenvalue weighted by atomic mass is 10.2. The Balaban J connectivity index is 2.80. The molecule has 0 aromatic carbocycles. The van der Waals surface area contributed by atoms with E-state index < -0.39 is 17.3 Å². The predicted octanol–water partition coefficient (Wildman–Crippen LogP) is 2.10. The molecule has 1 N–H and O–H groups in total.